The largest absolute Gasteiger partial charge is 0.322 e. The molecule has 0 saturated carbocycles. The molecule has 0 aliphatic heterocycles. The summed E-state index contributed by atoms with van der Waals surface area (Å²) in [5, 5.41) is 2.81. The molecule has 0 atom stereocenters. The Morgan fingerprint density at radius 3 is 2.33 bits per heavy atom. The van der Waals surface area contributed by atoms with Crippen LogP contribution in [0, 0.1) is 0 Å². The van der Waals surface area contributed by atoms with Crippen LogP contribution in [0.2, 0.25) is 0 Å². The summed E-state index contributed by atoms with van der Waals surface area (Å²) in [6.07, 6.45) is 0. The maximum Gasteiger partial charge on any atom is 0.255 e. The average Bonchev–Trinajstić information content (AvgIpc) is 2.55. The Morgan fingerprint density at radius 2 is 1.71 bits per heavy atom. The molecule has 0 heterocycles. The molecule has 24 heavy (non-hydrogen) atoms. The second-order valence-corrected chi connectivity index (χ2v) is 8.20. The number of amides is 1. The molecule has 6 heteroatoms. The van der Waals surface area contributed by atoms with Crippen molar-refractivity contribution in [2.75, 3.05) is 19.4 Å². The highest BCUT2D eigenvalue weighted by Gasteiger charge is 2.18. The number of nitrogens with zero attached hydrogens (tertiary/aromatic N) is 1. The predicted molar refractivity (Wildman–Crippen MR) is 95.8 cm³/mol. The van der Waals surface area contributed by atoms with Crippen LogP contribution >= 0.6 is 0 Å². The molecule has 0 saturated heterocycles. The van der Waals surface area contributed by atoms with Crippen LogP contribution in [0.5, 0.6) is 0 Å². The fourth-order valence-electron chi connectivity index (χ4n) is 2.19. The van der Waals surface area contributed by atoms with E-state index >= 15 is 0 Å². The molecule has 0 unspecified atom stereocenters. The van der Waals surface area contributed by atoms with Gasteiger partial charge in [-0.2, -0.15) is 0 Å². The van der Waals surface area contributed by atoms with E-state index in [1.54, 1.807) is 12.1 Å². The zero-order valence-corrected chi connectivity index (χ0v) is 15.1. The van der Waals surface area contributed by atoms with Gasteiger partial charge in [-0.3, -0.25) is 4.79 Å². The van der Waals surface area contributed by atoms with Crippen molar-refractivity contribution in [1.82, 2.24) is 4.31 Å². The Balaban J connectivity index is 2.27. The smallest absolute Gasteiger partial charge is 0.255 e. The normalized spacial score (nSPS) is 11.8. The summed E-state index contributed by atoms with van der Waals surface area (Å²) in [5.41, 5.74) is 2.11. The molecular formula is C18H22N2O3S. The summed E-state index contributed by atoms with van der Waals surface area (Å²) in [4.78, 5) is 12.5. The monoisotopic (exact) mass is 346 g/mol. The third kappa shape index (κ3) is 4.01. The third-order valence-electron chi connectivity index (χ3n) is 3.69. The first-order chi connectivity index (χ1) is 11.2. The second-order valence-electron chi connectivity index (χ2n) is 6.05. The molecule has 1 N–H and O–H groups in total. The van der Waals surface area contributed by atoms with E-state index in [-0.39, 0.29) is 10.8 Å². The summed E-state index contributed by atoms with van der Waals surface area (Å²) in [7, 11) is -0.655. The predicted octanol–water partition coefficient (Wildman–Crippen LogP) is 3.31. The zero-order chi connectivity index (χ0) is 17.9. The topological polar surface area (TPSA) is 66.5 Å². The lowest BCUT2D eigenvalue weighted by Crippen LogP contribution is -2.22. The fraction of sp³-hybridized carbons (Fsp3) is 0.278. The van der Waals surface area contributed by atoms with E-state index < -0.39 is 10.0 Å². The van der Waals surface area contributed by atoms with Gasteiger partial charge in [0.15, 0.2) is 0 Å². The number of benzene rings is 2. The zero-order valence-electron chi connectivity index (χ0n) is 14.3. The molecule has 0 aliphatic carbocycles. The molecule has 0 bridgehead atoms. The first-order valence-corrected chi connectivity index (χ1v) is 9.09. The van der Waals surface area contributed by atoms with Crippen molar-refractivity contribution in [3.63, 3.8) is 0 Å². The molecule has 2 rings (SSSR count). The molecule has 2 aromatic rings. The molecule has 5 nitrogen and oxygen atoms in total. The minimum atomic E-state index is -3.57. The van der Waals surface area contributed by atoms with Gasteiger partial charge in [-0.15, -0.1) is 0 Å². The molecule has 0 radical (unpaired) electrons. The van der Waals surface area contributed by atoms with Crippen LogP contribution in [-0.4, -0.2) is 32.7 Å². The van der Waals surface area contributed by atoms with Gasteiger partial charge in [-0.1, -0.05) is 32.0 Å². The lowest BCUT2D eigenvalue weighted by Gasteiger charge is -2.13. The van der Waals surface area contributed by atoms with Gasteiger partial charge >= 0.3 is 0 Å². The van der Waals surface area contributed by atoms with Crippen molar-refractivity contribution in [3.05, 3.63) is 59.7 Å². The number of nitrogens with one attached hydrogen (secondary N) is 1. The molecule has 1 amide bonds. The van der Waals surface area contributed by atoms with Crippen LogP contribution in [0.25, 0.3) is 0 Å². The molecule has 0 aliphatic rings. The van der Waals surface area contributed by atoms with E-state index in [4.69, 9.17) is 0 Å². The Kier molecular flexibility index (Phi) is 5.41. The van der Waals surface area contributed by atoms with Gasteiger partial charge in [0.2, 0.25) is 10.0 Å². The van der Waals surface area contributed by atoms with Gasteiger partial charge in [0.25, 0.3) is 5.91 Å². The van der Waals surface area contributed by atoms with E-state index in [0.717, 1.165) is 9.87 Å². The molecule has 0 fully saturated rings. The van der Waals surface area contributed by atoms with E-state index in [1.165, 1.54) is 26.2 Å². The fourth-order valence-corrected chi connectivity index (χ4v) is 3.14. The lowest BCUT2D eigenvalue weighted by atomic mass is 10.0. The Labute approximate surface area is 143 Å². The van der Waals surface area contributed by atoms with Crippen LogP contribution < -0.4 is 5.32 Å². The Morgan fingerprint density at radius 1 is 1.04 bits per heavy atom. The number of carbonyl (C=O) groups is 1. The summed E-state index contributed by atoms with van der Waals surface area (Å²) in [5.74, 6) is 0.0159. The van der Waals surface area contributed by atoms with E-state index in [1.807, 2.05) is 24.3 Å². The van der Waals surface area contributed by atoms with Gasteiger partial charge < -0.3 is 5.32 Å². The molecule has 2 aromatic carbocycles. The van der Waals surface area contributed by atoms with Crippen molar-refractivity contribution in [2.24, 2.45) is 0 Å². The van der Waals surface area contributed by atoms with Crippen LogP contribution in [-0.2, 0) is 10.0 Å². The van der Waals surface area contributed by atoms with Crippen molar-refractivity contribution < 1.29 is 13.2 Å². The number of anilines is 1. The van der Waals surface area contributed by atoms with Crippen molar-refractivity contribution in [3.8, 4) is 0 Å². The standard InChI is InChI=1S/C18H22N2O3S/c1-13(2)14-7-5-9-16(11-14)19-18(21)15-8-6-10-17(12-15)24(22,23)20(3)4/h5-13H,1-4H3,(H,19,21). The third-order valence-corrected chi connectivity index (χ3v) is 5.50. The van der Waals surface area contributed by atoms with Crippen LogP contribution in [0.4, 0.5) is 5.69 Å². The number of carbonyl (C=O) groups excluding carboxylic acids is 1. The highest BCUT2D eigenvalue weighted by molar-refractivity contribution is 7.89. The van der Waals surface area contributed by atoms with Crippen LogP contribution in [0.1, 0.15) is 35.7 Å². The SMILES string of the molecule is CC(C)c1cccc(NC(=O)c2cccc(S(=O)(=O)N(C)C)c2)c1. The summed E-state index contributed by atoms with van der Waals surface area (Å²) < 4.78 is 25.5. The summed E-state index contributed by atoms with van der Waals surface area (Å²) >= 11 is 0. The maximum absolute atomic E-state index is 12.4. The summed E-state index contributed by atoms with van der Waals surface area (Å²) in [6.45, 7) is 4.16. The number of sulfonamides is 1. The maximum atomic E-state index is 12.4. The van der Waals surface area contributed by atoms with Gasteiger partial charge in [-0.05, 0) is 41.8 Å². The second kappa shape index (κ2) is 7.15. The lowest BCUT2D eigenvalue weighted by molar-refractivity contribution is 0.102. The highest BCUT2D eigenvalue weighted by atomic mass is 32.2. The van der Waals surface area contributed by atoms with Crippen LogP contribution in [0.15, 0.2) is 53.4 Å². The molecule has 0 spiro atoms. The molecule has 128 valence electrons. The van der Waals surface area contributed by atoms with Crippen molar-refractivity contribution >= 4 is 21.6 Å². The first kappa shape index (κ1) is 18.2. The van der Waals surface area contributed by atoms with Crippen molar-refractivity contribution in [2.45, 2.75) is 24.7 Å². The first-order valence-electron chi connectivity index (χ1n) is 7.65. The summed E-state index contributed by atoms with van der Waals surface area (Å²) in [6, 6.07) is 13.6. The molecular weight excluding hydrogens is 324 g/mol. The minimum Gasteiger partial charge on any atom is -0.322 e. The number of rotatable bonds is 5. The Hall–Kier alpha value is -2.18. The van der Waals surface area contributed by atoms with E-state index in [0.29, 0.717) is 17.2 Å². The van der Waals surface area contributed by atoms with Gasteiger partial charge in [-0.25, -0.2) is 12.7 Å². The average molecular weight is 346 g/mol. The quantitative estimate of drug-likeness (QED) is 0.903. The van der Waals surface area contributed by atoms with E-state index in [2.05, 4.69) is 19.2 Å². The highest BCUT2D eigenvalue weighted by Crippen LogP contribution is 2.20. The van der Waals surface area contributed by atoms with Gasteiger partial charge in [0, 0.05) is 25.3 Å². The Bertz CT molecular complexity index is 843. The minimum absolute atomic E-state index is 0.0936. The van der Waals surface area contributed by atoms with Gasteiger partial charge in [0.05, 0.1) is 4.90 Å². The van der Waals surface area contributed by atoms with Gasteiger partial charge in [0.1, 0.15) is 0 Å². The molecule has 0 aromatic heterocycles. The van der Waals surface area contributed by atoms with E-state index in [9.17, 15) is 13.2 Å². The van der Waals surface area contributed by atoms with Crippen LogP contribution in [0.3, 0.4) is 0 Å². The number of hydrogen-bond acceptors (Lipinski definition) is 3. The number of hydrogen-bond donors (Lipinski definition) is 1. The van der Waals surface area contributed by atoms with Crippen molar-refractivity contribution in [1.29, 1.82) is 0 Å².